The Balaban J connectivity index is 1.79. The van der Waals surface area contributed by atoms with E-state index in [0.29, 0.717) is 26.3 Å². The second-order valence-electron chi connectivity index (χ2n) is 5.90. The Morgan fingerprint density at radius 3 is 2.56 bits per heavy atom. The van der Waals surface area contributed by atoms with Gasteiger partial charge in [-0.2, -0.15) is 0 Å². The van der Waals surface area contributed by atoms with Crippen molar-refractivity contribution in [3.63, 3.8) is 0 Å². The Bertz CT molecular complexity index is 656. The maximum Gasteiger partial charge on any atom is 0.193 e. The molecule has 1 aromatic heterocycles. The van der Waals surface area contributed by atoms with Crippen LogP contribution in [-0.2, 0) is 11.2 Å². The van der Waals surface area contributed by atoms with Crippen molar-refractivity contribution >= 4 is 5.96 Å². The lowest BCUT2D eigenvalue weighted by Gasteiger charge is -2.22. The fourth-order valence-corrected chi connectivity index (χ4v) is 2.39. The first kappa shape index (κ1) is 20.6. The van der Waals surface area contributed by atoms with E-state index in [0.717, 1.165) is 36.2 Å². The minimum atomic E-state index is 0.548. The maximum absolute atomic E-state index is 5.80. The van der Waals surface area contributed by atoms with Gasteiger partial charge in [-0.05, 0) is 36.4 Å². The van der Waals surface area contributed by atoms with Gasteiger partial charge in [0.05, 0.1) is 33.1 Å². The van der Waals surface area contributed by atoms with Crippen LogP contribution in [0.3, 0.4) is 0 Å². The molecular formula is C20H29N3O4. The number of furan rings is 1. The van der Waals surface area contributed by atoms with Gasteiger partial charge in [0.1, 0.15) is 23.9 Å². The molecule has 0 aliphatic rings. The fourth-order valence-electron chi connectivity index (χ4n) is 2.39. The van der Waals surface area contributed by atoms with E-state index in [-0.39, 0.29) is 0 Å². The standard InChI is InChI=1S/C20H29N3O4/c1-23(13-16-27-19-8-6-17(25-3)7-9-19)20(22-12-15-24-2)21-11-10-18-5-4-14-26-18/h4-9,14H,10-13,15-16H2,1-3H3,(H,21,22). The van der Waals surface area contributed by atoms with Crippen molar-refractivity contribution in [2.24, 2.45) is 4.99 Å². The summed E-state index contributed by atoms with van der Waals surface area (Å²) in [6, 6.07) is 11.4. The number of benzene rings is 1. The van der Waals surface area contributed by atoms with Gasteiger partial charge in [0.2, 0.25) is 0 Å². The van der Waals surface area contributed by atoms with Crippen molar-refractivity contribution in [1.29, 1.82) is 0 Å². The first-order valence-electron chi connectivity index (χ1n) is 9.00. The largest absolute Gasteiger partial charge is 0.497 e. The number of guanidine groups is 1. The molecule has 0 amide bonds. The highest BCUT2D eigenvalue weighted by Crippen LogP contribution is 2.16. The SMILES string of the molecule is COCCN=C(NCCc1ccco1)N(C)CCOc1ccc(OC)cc1. The van der Waals surface area contributed by atoms with Gasteiger partial charge in [-0.3, -0.25) is 4.99 Å². The van der Waals surface area contributed by atoms with Crippen LogP contribution in [0.4, 0.5) is 0 Å². The lowest BCUT2D eigenvalue weighted by atomic mass is 10.3. The molecule has 1 N–H and O–H groups in total. The zero-order valence-electron chi connectivity index (χ0n) is 16.3. The zero-order valence-corrected chi connectivity index (χ0v) is 16.3. The Hall–Kier alpha value is -2.67. The predicted octanol–water partition coefficient (Wildman–Crippen LogP) is 2.43. The van der Waals surface area contributed by atoms with Crippen molar-refractivity contribution in [2.75, 3.05) is 54.1 Å². The molecule has 0 bridgehead atoms. The lowest BCUT2D eigenvalue weighted by molar-refractivity contribution is 0.207. The minimum Gasteiger partial charge on any atom is -0.497 e. The second kappa shape index (κ2) is 11.9. The summed E-state index contributed by atoms with van der Waals surface area (Å²) in [7, 11) is 5.31. The van der Waals surface area contributed by atoms with Crippen molar-refractivity contribution in [2.45, 2.75) is 6.42 Å². The van der Waals surface area contributed by atoms with Crippen LogP contribution in [0, 0.1) is 0 Å². The molecule has 27 heavy (non-hydrogen) atoms. The molecule has 0 saturated heterocycles. The summed E-state index contributed by atoms with van der Waals surface area (Å²) in [6.45, 7) is 3.17. The summed E-state index contributed by atoms with van der Waals surface area (Å²) >= 11 is 0. The van der Waals surface area contributed by atoms with Crippen molar-refractivity contribution in [3.05, 3.63) is 48.4 Å². The van der Waals surface area contributed by atoms with Crippen LogP contribution in [0.1, 0.15) is 5.76 Å². The fraction of sp³-hybridized carbons (Fsp3) is 0.450. The highest BCUT2D eigenvalue weighted by Gasteiger charge is 2.07. The monoisotopic (exact) mass is 375 g/mol. The molecule has 0 unspecified atom stereocenters. The highest BCUT2D eigenvalue weighted by molar-refractivity contribution is 5.79. The van der Waals surface area contributed by atoms with E-state index in [2.05, 4.69) is 10.3 Å². The van der Waals surface area contributed by atoms with Crippen LogP contribution in [0.5, 0.6) is 11.5 Å². The molecule has 0 aliphatic heterocycles. The average molecular weight is 375 g/mol. The van der Waals surface area contributed by atoms with Crippen LogP contribution in [-0.4, -0.2) is 65.0 Å². The molecule has 2 rings (SSSR count). The van der Waals surface area contributed by atoms with Crippen molar-refractivity contribution < 1.29 is 18.6 Å². The van der Waals surface area contributed by atoms with Crippen molar-refractivity contribution in [1.82, 2.24) is 10.2 Å². The molecule has 2 aromatic rings. The van der Waals surface area contributed by atoms with E-state index in [1.807, 2.05) is 48.3 Å². The minimum absolute atomic E-state index is 0.548. The number of ether oxygens (including phenoxy) is 3. The summed E-state index contributed by atoms with van der Waals surface area (Å²) in [6.07, 6.45) is 2.48. The summed E-state index contributed by atoms with van der Waals surface area (Å²) in [4.78, 5) is 6.63. The third-order valence-electron chi connectivity index (χ3n) is 3.91. The summed E-state index contributed by atoms with van der Waals surface area (Å²) in [5.74, 6) is 3.39. The van der Waals surface area contributed by atoms with E-state index in [9.17, 15) is 0 Å². The Morgan fingerprint density at radius 2 is 1.89 bits per heavy atom. The first-order valence-corrected chi connectivity index (χ1v) is 9.00. The first-order chi connectivity index (χ1) is 13.2. The number of hydrogen-bond donors (Lipinski definition) is 1. The number of rotatable bonds is 11. The Morgan fingerprint density at radius 1 is 1.11 bits per heavy atom. The van der Waals surface area contributed by atoms with Gasteiger partial charge in [-0.15, -0.1) is 0 Å². The summed E-state index contributed by atoms with van der Waals surface area (Å²) in [5.41, 5.74) is 0. The van der Waals surface area contributed by atoms with Crippen LogP contribution in [0.15, 0.2) is 52.1 Å². The Kier molecular flexibility index (Phi) is 9.06. The quantitative estimate of drug-likeness (QED) is 0.370. The number of methoxy groups -OCH3 is 2. The van der Waals surface area contributed by atoms with Gasteiger partial charge < -0.3 is 28.8 Å². The molecule has 0 atom stereocenters. The molecule has 0 fully saturated rings. The van der Waals surface area contributed by atoms with Crippen molar-refractivity contribution in [3.8, 4) is 11.5 Å². The van der Waals surface area contributed by atoms with Gasteiger partial charge in [0.25, 0.3) is 0 Å². The van der Waals surface area contributed by atoms with Gasteiger partial charge in [-0.1, -0.05) is 0 Å². The number of likely N-dealkylation sites (N-methyl/N-ethyl adjacent to an activating group) is 1. The Labute approximate surface area is 160 Å². The van der Waals surface area contributed by atoms with Crippen LogP contribution in [0.25, 0.3) is 0 Å². The van der Waals surface area contributed by atoms with Gasteiger partial charge in [-0.25, -0.2) is 0 Å². The number of nitrogens with zero attached hydrogens (tertiary/aromatic N) is 2. The normalized spacial score (nSPS) is 11.3. The van der Waals surface area contributed by atoms with E-state index in [1.165, 1.54) is 0 Å². The van der Waals surface area contributed by atoms with Crippen LogP contribution >= 0.6 is 0 Å². The average Bonchev–Trinajstić information content (AvgIpc) is 3.21. The van der Waals surface area contributed by atoms with E-state index < -0.39 is 0 Å². The van der Waals surface area contributed by atoms with E-state index in [1.54, 1.807) is 20.5 Å². The number of hydrogen-bond acceptors (Lipinski definition) is 5. The molecule has 0 saturated carbocycles. The molecule has 7 nitrogen and oxygen atoms in total. The van der Waals surface area contributed by atoms with Gasteiger partial charge in [0.15, 0.2) is 5.96 Å². The number of nitrogens with one attached hydrogen (secondary N) is 1. The molecule has 1 aromatic carbocycles. The van der Waals surface area contributed by atoms with E-state index in [4.69, 9.17) is 18.6 Å². The second-order valence-corrected chi connectivity index (χ2v) is 5.90. The van der Waals surface area contributed by atoms with Crippen LogP contribution in [0.2, 0.25) is 0 Å². The predicted molar refractivity (Wildman–Crippen MR) is 106 cm³/mol. The maximum atomic E-state index is 5.80. The summed E-state index contributed by atoms with van der Waals surface area (Å²) in [5, 5.41) is 3.37. The smallest absolute Gasteiger partial charge is 0.193 e. The topological polar surface area (TPSA) is 68.5 Å². The molecule has 7 heteroatoms. The molecular weight excluding hydrogens is 346 g/mol. The number of aliphatic imine (C=N–C) groups is 1. The molecule has 1 heterocycles. The van der Waals surface area contributed by atoms with Gasteiger partial charge in [0, 0.05) is 27.1 Å². The third-order valence-corrected chi connectivity index (χ3v) is 3.91. The zero-order chi connectivity index (χ0) is 19.3. The lowest BCUT2D eigenvalue weighted by Crippen LogP contribution is -2.42. The van der Waals surface area contributed by atoms with Crippen LogP contribution < -0.4 is 14.8 Å². The summed E-state index contributed by atoms with van der Waals surface area (Å²) < 4.78 is 21.4. The third kappa shape index (κ3) is 7.62. The molecule has 0 spiro atoms. The van der Waals surface area contributed by atoms with E-state index >= 15 is 0 Å². The molecule has 0 radical (unpaired) electrons. The van der Waals surface area contributed by atoms with Gasteiger partial charge >= 0.3 is 0 Å². The molecule has 148 valence electrons. The highest BCUT2D eigenvalue weighted by atomic mass is 16.5. The molecule has 0 aliphatic carbocycles.